The van der Waals surface area contributed by atoms with Gasteiger partial charge in [-0.1, -0.05) is 53.2 Å². The van der Waals surface area contributed by atoms with Crippen molar-refractivity contribution in [1.29, 1.82) is 0 Å². The molecule has 5 aliphatic carbocycles. The topological polar surface area (TPSA) is 413 Å². The van der Waals surface area contributed by atoms with Gasteiger partial charge in [-0.05, 0) is 117 Å². The van der Waals surface area contributed by atoms with Crippen molar-refractivity contribution in [2.45, 2.75) is 273 Å². The zero-order valence-corrected chi connectivity index (χ0v) is 49.8. The molecule has 0 amide bonds. The van der Waals surface area contributed by atoms with E-state index in [2.05, 4.69) is 40.7 Å². The van der Waals surface area contributed by atoms with Gasteiger partial charge in [0.2, 0.25) is 6.29 Å². The lowest BCUT2D eigenvalue weighted by Crippen LogP contribution is -2.67. The fraction of sp³-hybridized carbons (Fsp3) is 0.949. The summed E-state index contributed by atoms with van der Waals surface area (Å²) in [4.78, 5) is 15.2. The minimum atomic E-state index is -1.90. The van der Waals surface area contributed by atoms with E-state index >= 15 is 4.79 Å². The monoisotopic (exact) mass is 1220 g/mol. The van der Waals surface area contributed by atoms with Crippen LogP contribution >= 0.6 is 0 Å². The molecule has 0 aromatic rings. The van der Waals surface area contributed by atoms with Gasteiger partial charge in [0.15, 0.2) is 25.2 Å². The van der Waals surface area contributed by atoms with Gasteiger partial charge in [-0.15, -0.1) is 0 Å². The van der Waals surface area contributed by atoms with E-state index in [1.54, 1.807) is 0 Å². The van der Waals surface area contributed by atoms with Gasteiger partial charge in [-0.3, -0.25) is 4.79 Å². The summed E-state index contributed by atoms with van der Waals surface area (Å²) in [6.07, 6.45) is -29.6. The van der Waals surface area contributed by atoms with Crippen molar-refractivity contribution in [3.8, 4) is 0 Å². The Hall–Kier alpha value is -1.75. The fourth-order valence-corrected chi connectivity index (χ4v) is 17.5. The Balaban J connectivity index is 0.833. The van der Waals surface area contributed by atoms with E-state index in [-0.39, 0.29) is 47.2 Å². The SMILES string of the molecule is C[C@@H]1O[C@@H](O[C@@H]2[C@H](O)[C@@H](O)[C@H](OC[C@H]3O[C@@H](OC(=O)[C@]45CCC(C)(C)C[C@H]4C4=CC[C@@H]6[C@@]7(C)CC[C@H](O[C@@H]8OC[C@H](O)[C@H](O)[C@H]8O[C@H]8O[C@@H](C)[C@H](O)[C@@H](O)[C@H]8O)[C@@](C)(CO)[C@@H]7CC[C@@]6(C)[C@]4(C)CC5)[C@H](O)[C@@H](O)[C@@H]3O)O[C@@H]2CO)[C@H](O)[C@H](O)[C@H]1O. The molecule has 0 unspecified atom stereocenters. The first-order valence-electron chi connectivity index (χ1n) is 30.6. The second-order valence-corrected chi connectivity index (χ2v) is 28.5. The molecule has 15 N–H and O–H groups in total. The summed E-state index contributed by atoms with van der Waals surface area (Å²) < 4.78 is 59.4. The van der Waals surface area contributed by atoms with Crippen LogP contribution in [0.2, 0.25) is 0 Å². The van der Waals surface area contributed by atoms with Crippen LogP contribution in [0.1, 0.15) is 120 Å². The van der Waals surface area contributed by atoms with Crippen molar-refractivity contribution in [1.82, 2.24) is 0 Å². The van der Waals surface area contributed by atoms with E-state index in [0.29, 0.717) is 51.4 Å². The summed E-state index contributed by atoms with van der Waals surface area (Å²) in [5, 5.41) is 163. The number of carbonyl (C=O) groups excluding carboxylic acids is 1. The van der Waals surface area contributed by atoms with E-state index in [1.807, 2.05) is 6.92 Å². The summed E-state index contributed by atoms with van der Waals surface area (Å²) in [5.74, 6) is -0.861. The third-order valence-corrected chi connectivity index (χ3v) is 23.2. The molecule has 0 bridgehead atoms. The molecule has 5 aliphatic heterocycles. The zero-order chi connectivity index (χ0) is 62.0. The number of carbonyl (C=O) groups is 1. The second-order valence-electron chi connectivity index (χ2n) is 28.5. The van der Waals surface area contributed by atoms with Crippen molar-refractivity contribution < 1.29 is 129 Å². The van der Waals surface area contributed by atoms with Gasteiger partial charge in [0.25, 0.3) is 0 Å². The maximum absolute atomic E-state index is 15.2. The largest absolute Gasteiger partial charge is 0.432 e. The quantitative estimate of drug-likeness (QED) is 0.0513. The molecule has 26 nitrogen and oxygen atoms in total. The van der Waals surface area contributed by atoms with Gasteiger partial charge in [-0.2, -0.15) is 0 Å². The lowest BCUT2D eigenvalue weighted by atomic mass is 9.33. The minimum Gasteiger partial charge on any atom is -0.432 e. The molecule has 0 spiro atoms. The number of aliphatic hydroxyl groups is 15. The minimum absolute atomic E-state index is 0.0670. The van der Waals surface area contributed by atoms with Gasteiger partial charge in [0.1, 0.15) is 104 Å². The lowest BCUT2D eigenvalue weighted by Gasteiger charge is -2.71. The predicted molar refractivity (Wildman–Crippen MR) is 288 cm³/mol. The molecule has 85 heavy (non-hydrogen) atoms. The Morgan fingerprint density at radius 1 is 0.565 bits per heavy atom. The number of allylic oxidation sites excluding steroid dienone is 2. The van der Waals surface area contributed by atoms with Gasteiger partial charge >= 0.3 is 5.97 Å². The first kappa shape index (κ1) is 66.2. The lowest BCUT2D eigenvalue weighted by molar-refractivity contribution is -0.365. The molecule has 0 aromatic carbocycles. The average Bonchev–Trinajstić information content (AvgIpc) is 0.688. The molecule has 9 fully saturated rings. The standard InChI is InChI=1S/C59H96O26/c1-24-34(63)38(67)42(71)49(78-24)83-46-29(20-60)80-48(45(74)41(46)70)77-22-30-37(66)40(69)44(73)51(81-30)85-53(75)59-17-15-54(3,4)19-27(59)26-9-10-32-55(5)13-12-33(56(6,23-61)31(55)11-14-58(32,8)57(26,7)16-18-59)82-52-47(36(65)28(62)21-76-52)84-50-43(72)39(68)35(64)25(2)79-50/h9,24-25,27-52,60-74H,10-23H2,1-8H3/t24-,25-,27-,28-,29+,30+,31+,32+,33-,34-,35-,36-,37+,38+,39+,40-,41+,42+,43+,44+,45+,46-,47+,48+,49-,50+,51-,52-,55-,56-,57+,58+,59-/m0/s1. The highest BCUT2D eigenvalue weighted by Crippen LogP contribution is 2.76. The van der Waals surface area contributed by atoms with E-state index in [4.69, 9.17) is 47.4 Å². The molecule has 26 heteroatoms. The van der Waals surface area contributed by atoms with Crippen LogP contribution in [0.5, 0.6) is 0 Å². The number of aliphatic hydroxyl groups excluding tert-OH is 15. The van der Waals surface area contributed by atoms with Crippen LogP contribution in [0.15, 0.2) is 11.6 Å². The number of fused-ring (bicyclic) bond motifs is 7. The third-order valence-electron chi connectivity index (χ3n) is 23.2. The van der Waals surface area contributed by atoms with Crippen LogP contribution in [-0.4, -0.2) is 263 Å². The molecule has 10 aliphatic rings. The van der Waals surface area contributed by atoms with E-state index in [0.717, 1.165) is 12.8 Å². The maximum atomic E-state index is 15.2. The van der Waals surface area contributed by atoms with Crippen molar-refractivity contribution >= 4 is 5.97 Å². The molecular weight excluding hydrogens is 1120 g/mol. The van der Waals surface area contributed by atoms with E-state index in [9.17, 15) is 76.6 Å². The molecule has 0 radical (unpaired) electrons. The molecule has 5 heterocycles. The Morgan fingerprint density at radius 3 is 1.76 bits per heavy atom. The van der Waals surface area contributed by atoms with Crippen molar-refractivity contribution in [3.63, 3.8) is 0 Å². The normalized spacial score (nSPS) is 55.3. The predicted octanol–water partition coefficient (Wildman–Crippen LogP) is -2.54. The number of esters is 1. The molecule has 33 atom stereocenters. The highest BCUT2D eigenvalue weighted by molar-refractivity contribution is 5.79. The molecule has 488 valence electrons. The summed E-state index contributed by atoms with van der Waals surface area (Å²) in [5.41, 5.74) is -1.93. The number of hydrogen-bond donors (Lipinski definition) is 15. The fourth-order valence-electron chi connectivity index (χ4n) is 17.5. The Labute approximate surface area is 494 Å². The third kappa shape index (κ3) is 11.1. The molecule has 0 aromatic heterocycles. The van der Waals surface area contributed by atoms with Crippen molar-refractivity contribution in [2.24, 2.45) is 50.2 Å². The maximum Gasteiger partial charge on any atom is 0.315 e. The number of ether oxygens (including phenoxy) is 10. The van der Waals surface area contributed by atoms with Crippen molar-refractivity contribution in [2.75, 3.05) is 26.4 Å². The average molecular weight is 1220 g/mol. The van der Waals surface area contributed by atoms with Crippen LogP contribution in [0, 0.1) is 50.2 Å². The van der Waals surface area contributed by atoms with Crippen LogP contribution in [0.25, 0.3) is 0 Å². The summed E-state index contributed by atoms with van der Waals surface area (Å²) in [6, 6.07) is 0. The van der Waals surface area contributed by atoms with Crippen LogP contribution < -0.4 is 0 Å². The molecule has 4 saturated carbocycles. The Bertz CT molecular complexity index is 2370. The van der Waals surface area contributed by atoms with Crippen LogP contribution in [0.3, 0.4) is 0 Å². The molecule has 5 saturated heterocycles. The second kappa shape index (κ2) is 24.4. The van der Waals surface area contributed by atoms with E-state index in [1.165, 1.54) is 19.4 Å². The van der Waals surface area contributed by atoms with Gasteiger partial charge < -0.3 is 124 Å². The van der Waals surface area contributed by atoms with Gasteiger partial charge in [0.05, 0.1) is 50.2 Å². The van der Waals surface area contributed by atoms with Crippen molar-refractivity contribution in [3.05, 3.63) is 11.6 Å². The molecular formula is C59H96O26. The Kier molecular flexibility index (Phi) is 19.0. The van der Waals surface area contributed by atoms with Gasteiger partial charge in [-0.25, -0.2) is 0 Å². The van der Waals surface area contributed by atoms with Gasteiger partial charge in [0, 0.05) is 5.41 Å². The smallest absolute Gasteiger partial charge is 0.315 e. The Morgan fingerprint density at radius 2 is 1.14 bits per heavy atom. The summed E-state index contributed by atoms with van der Waals surface area (Å²) in [6.45, 7) is 14.3. The first-order chi connectivity index (χ1) is 39.8. The number of rotatable bonds is 13. The highest BCUT2D eigenvalue weighted by atomic mass is 16.8. The van der Waals surface area contributed by atoms with Crippen LogP contribution in [-0.2, 0) is 52.2 Å². The number of hydrogen-bond acceptors (Lipinski definition) is 26. The zero-order valence-electron chi connectivity index (χ0n) is 49.8. The summed E-state index contributed by atoms with van der Waals surface area (Å²) in [7, 11) is 0. The molecule has 10 rings (SSSR count). The van der Waals surface area contributed by atoms with E-state index < -0.39 is 189 Å². The highest BCUT2D eigenvalue weighted by Gasteiger charge is 2.71. The first-order valence-corrected chi connectivity index (χ1v) is 30.6. The van der Waals surface area contributed by atoms with Crippen LogP contribution in [0.4, 0.5) is 0 Å². The summed E-state index contributed by atoms with van der Waals surface area (Å²) >= 11 is 0.